The Morgan fingerprint density at radius 2 is 1.76 bits per heavy atom. The Labute approximate surface area is 152 Å². The number of nitrogens with zero attached hydrogens (tertiary/aromatic N) is 2. The number of likely N-dealkylation sites (N-methyl/N-ethyl adjacent to an activating group) is 1. The summed E-state index contributed by atoms with van der Waals surface area (Å²) in [6.45, 7) is 3.93. The van der Waals surface area contributed by atoms with Crippen LogP contribution in [-0.4, -0.2) is 41.8 Å². The van der Waals surface area contributed by atoms with E-state index in [1.807, 2.05) is 19.9 Å². The van der Waals surface area contributed by atoms with Gasteiger partial charge in [-0.1, -0.05) is 23.7 Å². The molecule has 7 heteroatoms. The van der Waals surface area contributed by atoms with Crippen LogP contribution >= 0.6 is 11.6 Å². The van der Waals surface area contributed by atoms with Crippen LogP contribution < -0.4 is 10.6 Å². The number of carbonyl (C=O) groups is 2. The summed E-state index contributed by atoms with van der Waals surface area (Å²) in [5, 5.41) is 6.09. The number of halogens is 1. The topological polar surface area (TPSA) is 74.3 Å². The first-order valence-electron chi connectivity index (χ1n) is 7.81. The van der Waals surface area contributed by atoms with Gasteiger partial charge in [0, 0.05) is 16.9 Å². The molecule has 0 aliphatic heterocycles. The number of hydrogen-bond donors (Lipinski definition) is 2. The van der Waals surface area contributed by atoms with Crippen LogP contribution in [0.3, 0.4) is 0 Å². The Morgan fingerprint density at radius 1 is 1.08 bits per heavy atom. The zero-order valence-corrected chi connectivity index (χ0v) is 15.2. The number of aryl methyl sites for hydroxylation is 1. The molecule has 2 N–H and O–H groups in total. The van der Waals surface area contributed by atoms with Crippen LogP contribution in [-0.2, 0) is 9.59 Å². The van der Waals surface area contributed by atoms with Gasteiger partial charge in [-0.3, -0.25) is 14.5 Å². The third-order valence-electron chi connectivity index (χ3n) is 3.55. The lowest BCUT2D eigenvalue weighted by Crippen LogP contribution is -2.36. The van der Waals surface area contributed by atoms with Gasteiger partial charge in [0.2, 0.25) is 11.8 Å². The third-order valence-corrected chi connectivity index (χ3v) is 3.96. The molecule has 0 bridgehead atoms. The quantitative estimate of drug-likeness (QED) is 0.830. The average molecular weight is 361 g/mol. The van der Waals surface area contributed by atoms with Crippen LogP contribution in [0.25, 0.3) is 0 Å². The number of nitrogens with one attached hydrogen (secondary N) is 2. The summed E-state index contributed by atoms with van der Waals surface area (Å²) < 4.78 is 0. The van der Waals surface area contributed by atoms with Crippen molar-refractivity contribution < 1.29 is 9.59 Å². The van der Waals surface area contributed by atoms with Crippen LogP contribution in [0.15, 0.2) is 36.5 Å². The van der Waals surface area contributed by atoms with E-state index < -0.39 is 0 Å². The normalized spacial score (nSPS) is 10.6. The van der Waals surface area contributed by atoms with Crippen molar-refractivity contribution in [2.24, 2.45) is 0 Å². The van der Waals surface area contributed by atoms with E-state index in [0.717, 1.165) is 11.1 Å². The zero-order valence-electron chi connectivity index (χ0n) is 14.5. The van der Waals surface area contributed by atoms with Crippen LogP contribution in [0.4, 0.5) is 11.5 Å². The van der Waals surface area contributed by atoms with E-state index in [-0.39, 0.29) is 24.9 Å². The molecule has 132 valence electrons. The van der Waals surface area contributed by atoms with Crippen molar-refractivity contribution in [1.82, 2.24) is 9.88 Å². The molecule has 0 radical (unpaired) electrons. The smallest absolute Gasteiger partial charge is 0.239 e. The lowest BCUT2D eigenvalue weighted by molar-refractivity contribution is -0.119. The van der Waals surface area contributed by atoms with Gasteiger partial charge in [0.1, 0.15) is 5.82 Å². The second-order valence-corrected chi connectivity index (χ2v) is 6.31. The summed E-state index contributed by atoms with van der Waals surface area (Å²) in [6.07, 6.45) is 1.68. The maximum absolute atomic E-state index is 12.1. The summed E-state index contributed by atoms with van der Waals surface area (Å²) in [4.78, 5) is 29.9. The summed E-state index contributed by atoms with van der Waals surface area (Å²) in [5.41, 5.74) is 2.49. The Kier molecular flexibility index (Phi) is 6.50. The average Bonchev–Trinajstić information content (AvgIpc) is 2.53. The van der Waals surface area contributed by atoms with Gasteiger partial charge in [0.05, 0.1) is 13.1 Å². The number of pyridine rings is 1. The maximum atomic E-state index is 12.1. The number of rotatable bonds is 6. The van der Waals surface area contributed by atoms with Gasteiger partial charge < -0.3 is 10.6 Å². The Morgan fingerprint density at radius 3 is 2.40 bits per heavy atom. The van der Waals surface area contributed by atoms with Crippen LogP contribution in [0.5, 0.6) is 0 Å². The molecule has 1 aromatic carbocycles. The summed E-state index contributed by atoms with van der Waals surface area (Å²) >= 11 is 6.04. The monoisotopic (exact) mass is 360 g/mol. The van der Waals surface area contributed by atoms with E-state index in [0.29, 0.717) is 16.5 Å². The van der Waals surface area contributed by atoms with Crippen LogP contribution in [0.2, 0.25) is 5.02 Å². The minimum absolute atomic E-state index is 0.0809. The Balaban J connectivity index is 1.83. The summed E-state index contributed by atoms with van der Waals surface area (Å²) in [7, 11) is 1.70. The fourth-order valence-corrected chi connectivity index (χ4v) is 2.38. The number of carbonyl (C=O) groups excluding carboxylic acids is 2. The van der Waals surface area contributed by atoms with Crippen LogP contribution in [0, 0.1) is 13.8 Å². The minimum atomic E-state index is -0.231. The molecule has 0 saturated carbocycles. The van der Waals surface area contributed by atoms with E-state index in [4.69, 9.17) is 11.6 Å². The molecule has 1 heterocycles. The van der Waals surface area contributed by atoms with Gasteiger partial charge in [0.25, 0.3) is 0 Å². The molecule has 0 atom stereocenters. The predicted molar refractivity (Wildman–Crippen MR) is 99.9 cm³/mol. The minimum Gasteiger partial charge on any atom is -0.325 e. The second kappa shape index (κ2) is 8.60. The lowest BCUT2D eigenvalue weighted by Gasteiger charge is -2.16. The van der Waals surface area contributed by atoms with Gasteiger partial charge in [-0.2, -0.15) is 0 Å². The molecule has 0 fully saturated rings. The van der Waals surface area contributed by atoms with Crippen molar-refractivity contribution in [2.75, 3.05) is 30.8 Å². The number of amides is 2. The highest BCUT2D eigenvalue weighted by molar-refractivity contribution is 6.31. The van der Waals surface area contributed by atoms with Crippen molar-refractivity contribution in [1.29, 1.82) is 0 Å². The third kappa shape index (κ3) is 5.85. The van der Waals surface area contributed by atoms with Crippen molar-refractivity contribution in [3.05, 3.63) is 52.7 Å². The molecule has 2 amide bonds. The molecule has 6 nitrogen and oxygen atoms in total. The van der Waals surface area contributed by atoms with Crippen molar-refractivity contribution in [2.45, 2.75) is 13.8 Å². The molecule has 0 unspecified atom stereocenters. The second-order valence-electron chi connectivity index (χ2n) is 5.90. The zero-order chi connectivity index (χ0) is 18.4. The van der Waals surface area contributed by atoms with Gasteiger partial charge in [-0.05, 0) is 50.2 Å². The van der Waals surface area contributed by atoms with Gasteiger partial charge in [0.15, 0.2) is 0 Å². The van der Waals surface area contributed by atoms with Crippen molar-refractivity contribution in [3.8, 4) is 0 Å². The standard InChI is InChI=1S/C18H21ClN4O2/c1-12-7-8-16(20-9-12)22-18(25)11-23(3)10-17(24)21-15-6-4-5-14(19)13(15)2/h4-9H,10-11H2,1-3H3,(H,21,24)(H,20,22,25). The highest BCUT2D eigenvalue weighted by atomic mass is 35.5. The highest BCUT2D eigenvalue weighted by Crippen LogP contribution is 2.22. The summed E-state index contributed by atoms with van der Waals surface area (Å²) in [6, 6.07) is 8.93. The van der Waals surface area contributed by atoms with E-state index in [9.17, 15) is 9.59 Å². The molecular formula is C18H21ClN4O2. The van der Waals surface area contributed by atoms with Crippen LogP contribution in [0.1, 0.15) is 11.1 Å². The number of hydrogen-bond acceptors (Lipinski definition) is 4. The molecule has 2 rings (SSSR count). The SMILES string of the molecule is Cc1ccc(NC(=O)CN(C)CC(=O)Nc2cccc(Cl)c2C)nc1. The molecule has 0 aliphatic carbocycles. The number of aromatic nitrogens is 1. The van der Waals surface area contributed by atoms with E-state index in [1.165, 1.54) is 0 Å². The first kappa shape index (κ1) is 18.9. The largest absolute Gasteiger partial charge is 0.325 e. The molecule has 0 spiro atoms. The molecule has 25 heavy (non-hydrogen) atoms. The van der Waals surface area contributed by atoms with E-state index >= 15 is 0 Å². The Bertz CT molecular complexity index is 762. The number of benzene rings is 1. The summed E-state index contributed by atoms with van der Waals surface area (Å²) in [5.74, 6) is 0.0442. The highest BCUT2D eigenvalue weighted by Gasteiger charge is 2.12. The van der Waals surface area contributed by atoms with E-state index in [2.05, 4.69) is 15.6 Å². The molecule has 0 saturated heterocycles. The fraction of sp³-hybridized carbons (Fsp3) is 0.278. The lowest BCUT2D eigenvalue weighted by atomic mass is 10.2. The van der Waals surface area contributed by atoms with Crippen molar-refractivity contribution in [3.63, 3.8) is 0 Å². The fourth-order valence-electron chi connectivity index (χ4n) is 2.20. The molecule has 1 aromatic heterocycles. The number of anilines is 2. The first-order chi connectivity index (χ1) is 11.8. The molecule has 0 aliphatic rings. The predicted octanol–water partition coefficient (Wildman–Crippen LogP) is 2.86. The van der Waals surface area contributed by atoms with Crippen molar-refractivity contribution >= 4 is 34.9 Å². The Hall–Kier alpha value is -2.44. The molecule has 2 aromatic rings. The molecular weight excluding hydrogens is 340 g/mol. The first-order valence-corrected chi connectivity index (χ1v) is 8.19. The van der Waals surface area contributed by atoms with Gasteiger partial charge >= 0.3 is 0 Å². The van der Waals surface area contributed by atoms with Gasteiger partial charge in [-0.25, -0.2) is 4.98 Å². The van der Waals surface area contributed by atoms with Gasteiger partial charge in [-0.15, -0.1) is 0 Å². The maximum Gasteiger partial charge on any atom is 0.239 e. The van der Waals surface area contributed by atoms with E-state index in [1.54, 1.807) is 42.4 Å².